The van der Waals surface area contributed by atoms with Gasteiger partial charge in [0, 0.05) is 4.90 Å². The van der Waals surface area contributed by atoms with E-state index in [0.717, 1.165) is 5.56 Å². The average Bonchev–Trinajstić information content (AvgIpc) is 2.18. The summed E-state index contributed by atoms with van der Waals surface area (Å²) in [4.78, 5) is 6.14. The maximum atomic E-state index is 5.22. The molecular weight excluding hydrogens is 182 g/mol. The number of thioether (sulfide) groups is 1. The van der Waals surface area contributed by atoms with Crippen molar-refractivity contribution in [2.75, 3.05) is 6.26 Å². The van der Waals surface area contributed by atoms with Crippen molar-refractivity contribution in [2.24, 2.45) is 5.90 Å². The Morgan fingerprint density at radius 2 is 2.08 bits per heavy atom. The largest absolute Gasteiger partial charge is 0.294 e. The first-order valence-corrected chi connectivity index (χ1v) is 5.35. The molecule has 0 aliphatic carbocycles. The molecule has 3 heteroatoms. The molecule has 2 nitrogen and oxygen atoms in total. The van der Waals surface area contributed by atoms with Crippen molar-refractivity contribution in [3.63, 3.8) is 0 Å². The van der Waals surface area contributed by atoms with E-state index in [1.54, 1.807) is 11.8 Å². The van der Waals surface area contributed by atoms with Crippen molar-refractivity contribution in [1.29, 1.82) is 0 Å². The van der Waals surface area contributed by atoms with E-state index in [9.17, 15) is 0 Å². The van der Waals surface area contributed by atoms with Gasteiger partial charge in [-0.2, -0.15) is 0 Å². The maximum Gasteiger partial charge on any atom is 0.109 e. The quantitative estimate of drug-likeness (QED) is 0.597. The normalized spacial score (nSPS) is 11.7. The first kappa shape index (κ1) is 10.6. The van der Waals surface area contributed by atoms with E-state index in [1.165, 1.54) is 4.90 Å². The molecule has 0 saturated heterocycles. The lowest BCUT2D eigenvalue weighted by Gasteiger charge is -2.22. The third kappa shape index (κ3) is 2.46. The summed E-state index contributed by atoms with van der Waals surface area (Å²) in [7, 11) is 0. The minimum Gasteiger partial charge on any atom is -0.294 e. The van der Waals surface area contributed by atoms with Gasteiger partial charge in [0.15, 0.2) is 0 Å². The third-order valence-electron chi connectivity index (χ3n) is 2.06. The maximum absolute atomic E-state index is 5.22. The molecule has 0 aliphatic heterocycles. The lowest BCUT2D eigenvalue weighted by atomic mass is 9.99. The minimum atomic E-state index is -0.411. The van der Waals surface area contributed by atoms with Crippen LogP contribution in [0.4, 0.5) is 0 Å². The van der Waals surface area contributed by atoms with Gasteiger partial charge in [0.25, 0.3) is 0 Å². The van der Waals surface area contributed by atoms with Crippen LogP contribution in [0.15, 0.2) is 29.2 Å². The van der Waals surface area contributed by atoms with Crippen LogP contribution < -0.4 is 5.90 Å². The van der Waals surface area contributed by atoms with E-state index in [4.69, 9.17) is 10.7 Å². The highest BCUT2D eigenvalue weighted by atomic mass is 32.2. The predicted molar refractivity (Wildman–Crippen MR) is 56.5 cm³/mol. The smallest absolute Gasteiger partial charge is 0.109 e. The van der Waals surface area contributed by atoms with Crippen LogP contribution in [0.1, 0.15) is 19.4 Å². The molecule has 0 saturated carbocycles. The van der Waals surface area contributed by atoms with Crippen molar-refractivity contribution in [3.05, 3.63) is 29.8 Å². The van der Waals surface area contributed by atoms with Gasteiger partial charge in [-0.3, -0.25) is 4.84 Å². The molecule has 1 rings (SSSR count). The number of hydrogen-bond donors (Lipinski definition) is 1. The summed E-state index contributed by atoms with van der Waals surface area (Å²) in [5.41, 5.74) is 0.688. The Labute approximate surface area is 83.4 Å². The van der Waals surface area contributed by atoms with Crippen molar-refractivity contribution in [2.45, 2.75) is 24.3 Å². The summed E-state index contributed by atoms with van der Waals surface area (Å²) in [5.74, 6) is 5.22. The molecule has 0 radical (unpaired) electrons. The number of benzene rings is 1. The molecular formula is C10H15NOS. The van der Waals surface area contributed by atoms with E-state index < -0.39 is 5.60 Å². The summed E-state index contributed by atoms with van der Waals surface area (Å²) < 4.78 is 0. The molecule has 0 unspecified atom stereocenters. The number of rotatable bonds is 3. The highest BCUT2D eigenvalue weighted by Gasteiger charge is 2.20. The molecule has 13 heavy (non-hydrogen) atoms. The zero-order valence-corrected chi connectivity index (χ0v) is 9.02. The fourth-order valence-corrected chi connectivity index (χ4v) is 1.53. The van der Waals surface area contributed by atoms with E-state index in [1.807, 2.05) is 26.0 Å². The van der Waals surface area contributed by atoms with Gasteiger partial charge in [-0.15, -0.1) is 11.8 Å². The fraction of sp³-hybridized carbons (Fsp3) is 0.400. The van der Waals surface area contributed by atoms with Crippen LogP contribution in [0.5, 0.6) is 0 Å². The number of nitrogens with two attached hydrogens (primary N) is 1. The first-order valence-electron chi connectivity index (χ1n) is 4.12. The molecule has 2 N–H and O–H groups in total. The summed E-state index contributed by atoms with van der Waals surface area (Å²) in [6.45, 7) is 3.90. The van der Waals surface area contributed by atoms with Crippen molar-refractivity contribution in [1.82, 2.24) is 0 Å². The minimum absolute atomic E-state index is 0.411. The molecule has 0 fully saturated rings. The van der Waals surface area contributed by atoms with Gasteiger partial charge in [-0.1, -0.05) is 12.1 Å². The van der Waals surface area contributed by atoms with Crippen LogP contribution in [0, 0.1) is 0 Å². The van der Waals surface area contributed by atoms with Crippen molar-refractivity contribution in [3.8, 4) is 0 Å². The standard InChI is InChI=1S/C10H15NOS/c1-10(2,12-11)8-5-4-6-9(7-8)13-3/h4-7H,11H2,1-3H3. The first-order chi connectivity index (χ1) is 6.10. The SMILES string of the molecule is CSc1cccc(C(C)(C)ON)c1. The summed E-state index contributed by atoms with van der Waals surface area (Å²) in [6.07, 6.45) is 2.05. The second-order valence-corrected chi connectivity index (χ2v) is 4.24. The molecule has 0 atom stereocenters. The van der Waals surface area contributed by atoms with Gasteiger partial charge < -0.3 is 0 Å². The Morgan fingerprint density at radius 3 is 2.62 bits per heavy atom. The Morgan fingerprint density at radius 1 is 1.38 bits per heavy atom. The van der Waals surface area contributed by atoms with Gasteiger partial charge >= 0.3 is 0 Å². The molecule has 0 spiro atoms. The van der Waals surface area contributed by atoms with Gasteiger partial charge in [-0.05, 0) is 37.8 Å². The zero-order valence-electron chi connectivity index (χ0n) is 8.20. The van der Waals surface area contributed by atoms with Crippen LogP contribution in [-0.4, -0.2) is 6.26 Å². The van der Waals surface area contributed by atoms with Gasteiger partial charge in [0.2, 0.25) is 0 Å². The lowest BCUT2D eigenvalue weighted by molar-refractivity contribution is -0.0237. The third-order valence-corrected chi connectivity index (χ3v) is 2.78. The van der Waals surface area contributed by atoms with Crippen LogP contribution in [0.25, 0.3) is 0 Å². The molecule has 0 amide bonds. The Hall–Kier alpha value is -0.510. The van der Waals surface area contributed by atoms with Gasteiger partial charge in [0.05, 0.1) is 0 Å². The topological polar surface area (TPSA) is 35.2 Å². The molecule has 0 bridgehead atoms. The Balaban J connectivity index is 3.01. The second kappa shape index (κ2) is 4.13. The van der Waals surface area contributed by atoms with E-state index in [2.05, 4.69) is 18.4 Å². The summed E-state index contributed by atoms with van der Waals surface area (Å²) in [6, 6.07) is 8.20. The summed E-state index contributed by atoms with van der Waals surface area (Å²) in [5, 5.41) is 0. The highest BCUT2D eigenvalue weighted by molar-refractivity contribution is 7.98. The molecule has 0 aromatic heterocycles. The van der Waals surface area contributed by atoms with E-state index >= 15 is 0 Å². The monoisotopic (exact) mass is 197 g/mol. The average molecular weight is 197 g/mol. The van der Waals surface area contributed by atoms with Crippen LogP contribution >= 0.6 is 11.8 Å². The molecule has 1 aromatic carbocycles. The van der Waals surface area contributed by atoms with Gasteiger partial charge in [0.1, 0.15) is 5.60 Å². The fourth-order valence-electron chi connectivity index (χ4n) is 1.07. The van der Waals surface area contributed by atoms with Crippen LogP contribution in [-0.2, 0) is 10.4 Å². The molecule has 0 heterocycles. The Bertz CT molecular complexity index is 286. The van der Waals surface area contributed by atoms with E-state index in [-0.39, 0.29) is 0 Å². The number of hydrogen-bond acceptors (Lipinski definition) is 3. The van der Waals surface area contributed by atoms with Crippen molar-refractivity contribution >= 4 is 11.8 Å². The molecule has 1 aromatic rings. The summed E-state index contributed by atoms with van der Waals surface area (Å²) >= 11 is 1.71. The highest BCUT2D eigenvalue weighted by Crippen LogP contribution is 2.26. The van der Waals surface area contributed by atoms with Crippen LogP contribution in [0.3, 0.4) is 0 Å². The molecule has 72 valence electrons. The second-order valence-electron chi connectivity index (χ2n) is 3.36. The predicted octanol–water partition coefficient (Wildman–Crippen LogP) is 2.53. The van der Waals surface area contributed by atoms with E-state index in [0.29, 0.717) is 0 Å². The molecule has 0 aliphatic rings. The van der Waals surface area contributed by atoms with Crippen LogP contribution in [0.2, 0.25) is 0 Å². The zero-order chi connectivity index (χ0) is 9.90. The van der Waals surface area contributed by atoms with Gasteiger partial charge in [-0.25, -0.2) is 5.90 Å². The van der Waals surface area contributed by atoms with Crippen molar-refractivity contribution < 1.29 is 4.84 Å². The Kier molecular flexibility index (Phi) is 3.36. The lowest BCUT2D eigenvalue weighted by Crippen LogP contribution is -2.25.